The molecule has 0 radical (unpaired) electrons. The zero-order valence-corrected chi connectivity index (χ0v) is 14.0. The van der Waals surface area contributed by atoms with E-state index in [0.29, 0.717) is 22.1 Å². The van der Waals surface area contributed by atoms with Crippen molar-refractivity contribution in [2.75, 3.05) is 0 Å². The monoisotopic (exact) mass is 362 g/mol. The van der Waals surface area contributed by atoms with Crippen LogP contribution in [0.5, 0.6) is 5.75 Å². The average Bonchev–Trinajstić information content (AvgIpc) is 3.27. The number of phenols is 1. The molecule has 0 unspecified atom stereocenters. The number of halogens is 1. The maximum Gasteiger partial charge on any atom is 0.175 e. The Morgan fingerprint density at radius 3 is 2.42 bits per heavy atom. The highest BCUT2D eigenvalue weighted by Crippen LogP contribution is 2.25. The number of fused-ring (bicyclic) bond motifs is 3. The van der Waals surface area contributed by atoms with Gasteiger partial charge in [0.15, 0.2) is 17.1 Å². The van der Waals surface area contributed by atoms with Crippen LogP contribution in [0, 0.1) is 0 Å². The minimum atomic E-state index is 0.201. The van der Waals surface area contributed by atoms with Crippen LogP contribution in [-0.2, 0) is 0 Å². The highest BCUT2D eigenvalue weighted by Gasteiger charge is 2.15. The van der Waals surface area contributed by atoms with Crippen LogP contribution in [0.2, 0.25) is 5.02 Å². The molecule has 2 aromatic carbocycles. The predicted molar refractivity (Wildman–Crippen MR) is 97.5 cm³/mol. The van der Waals surface area contributed by atoms with Crippen LogP contribution in [-0.4, -0.2) is 34.5 Å². The van der Waals surface area contributed by atoms with E-state index in [1.165, 1.54) is 0 Å². The third-order valence-electron chi connectivity index (χ3n) is 4.17. The van der Waals surface area contributed by atoms with E-state index in [0.717, 1.165) is 16.6 Å². The molecule has 5 rings (SSSR count). The van der Waals surface area contributed by atoms with Crippen LogP contribution < -0.4 is 0 Å². The average molecular weight is 363 g/mol. The van der Waals surface area contributed by atoms with Crippen molar-refractivity contribution in [3.05, 3.63) is 66.1 Å². The lowest BCUT2D eigenvalue weighted by Gasteiger charge is -2.04. The molecule has 3 heterocycles. The minimum Gasteiger partial charge on any atom is -0.508 e. The first kappa shape index (κ1) is 14.9. The Bertz CT molecular complexity index is 1140. The van der Waals surface area contributed by atoms with Gasteiger partial charge in [0.25, 0.3) is 0 Å². The van der Waals surface area contributed by atoms with Crippen molar-refractivity contribution in [2.45, 2.75) is 0 Å². The SMILES string of the molecule is Oc1ccc(-c2nnc3c4cnn(-c5ccc(Cl)cc5)c4ncn23)cc1. The first-order valence-electron chi connectivity index (χ1n) is 7.83. The van der Waals surface area contributed by atoms with Crippen LogP contribution in [0.3, 0.4) is 0 Å². The maximum atomic E-state index is 9.46. The largest absolute Gasteiger partial charge is 0.508 e. The normalized spacial score (nSPS) is 11.4. The summed E-state index contributed by atoms with van der Waals surface area (Å²) in [7, 11) is 0. The molecule has 26 heavy (non-hydrogen) atoms. The number of aromatic nitrogens is 6. The highest BCUT2D eigenvalue weighted by molar-refractivity contribution is 6.30. The second-order valence-corrected chi connectivity index (χ2v) is 6.22. The second kappa shape index (κ2) is 5.53. The van der Waals surface area contributed by atoms with E-state index in [1.807, 2.05) is 28.7 Å². The molecular formula is C18H11ClN6O. The first-order valence-corrected chi connectivity index (χ1v) is 8.21. The van der Waals surface area contributed by atoms with Crippen molar-refractivity contribution < 1.29 is 5.11 Å². The fourth-order valence-electron chi connectivity index (χ4n) is 2.90. The fraction of sp³-hybridized carbons (Fsp3) is 0. The van der Waals surface area contributed by atoms with Crippen LogP contribution in [0.1, 0.15) is 0 Å². The van der Waals surface area contributed by atoms with Crippen LogP contribution in [0.4, 0.5) is 0 Å². The van der Waals surface area contributed by atoms with E-state index in [9.17, 15) is 5.11 Å². The Balaban J connectivity index is 1.70. The van der Waals surface area contributed by atoms with E-state index in [2.05, 4.69) is 20.3 Å². The zero-order valence-electron chi connectivity index (χ0n) is 13.3. The molecule has 0 amide bonds. The second-order valence-electron chi connectivity index (χ2n) is 5.78. The van der Waals surface area contributed by atoms with Gasteiger partial charge in [-0.1, -0.05) is 11.6 Å². The summed E-state index contributed by atoms with van der Waals surface area (Å²) in [6, 6.07) is 14.2. The molecular weight excluding hydrogens is 352 g/mol. The van der Waals surface area contributed by atoms with E-state index >= 15 is 0 Å². The summed E-state index contributed by atoms with van der Waals surface area (Å²) in [5, 5.41) is 23.9. The number of rotatable bonds is 2. The van der Waals surface area contributed by atoms with Crippen LogP contribution in [0.25, 0.3) is 33.8 Å². The van der Waals surface area contributed by atoms with Gasteiger partial charge in [-0.05, 0) is 48.5 Å². The molecule has 0 aliphatic heterocycles. The molecule has 8 heteroatoms. The van der Waals surface area contributed by atoms with Crippen molar-refractivity contribution >= 4 is 28.3 Å². The molecule has 5 aromatic rings. The number of hydrogen-bond donors (Lipinski definition) is 1. The van der Waals surface area contributed by atoms with Gasteiger partial charge in [-0.2, -0.15) is 5.10 Å². The topological polar surface area (TPSA) is 81.1 Å². The van der Waals surface area contributed by atoms with Crippen molar-refractivity contribution in [1.82, 2.24) is 29.4 Å². The summed E-state index contributed by atoms with van der Waals surface area (Å²) in [5.41, 5.74) is 3.05. The van der Waals surface area contributed by atoms with Gasteiger partial charge in [-0.3, -0.25) is 4.40 Å². The van der Waals surface area contributed by atoms with Crippen molar-refractivity contribution in [1.29, 1.82) is 0 Å². The summed E-state index contributed by atoms with van der Waals surface area (Å²) < 4.78 is 3.54. The molecule has 0 saturated carbocycles. The van der Waals surface area contributed by atoms with Gasteiger partial charge in [0, 0.05) is 10.6 Å². The molecule has 0 fully saturated rings. The zero-order chi connectivity index (χ0) is 17.7. The standard InChI is InChI=1S/C18H11ClN6O/c19-12-3-5-13(6-4-12)25-17-15(9-21-25)18-23-22-16(24(18)10-20-17)11-1-7-14(26)8-2-11/h1-10,26H. The molecule has 7 nitrogen and oxygen atoms in total. The van der Waals surface area contributed by atoms with Gasteiger partial charge in [0.2, 0.25) is 0 Å². The number of benzene rings is 2. The van der Waals surface area contributed by atoms with Gasteiger partial charge in [0.1, 0.15) is 12.1 Å². The molecule has 1 N–H and O–H groups in total. The van der Waals surface area contributed by atoms with Crippen molar-refractivity contribution in [3.8, 4) is 22.8 Å². The molecule has 126 valence electrons. The fourth-order valence-corrected chi connectivity index (χ4v) is 3.03. The van der Waals surface area contributed by atoms with Crippen molar-refractivity contribution in [2.24, 2.45) is 0 Å². The van der Waals surface area contributed by atoms with E-state index in [1.54, 1.807) is 41.5 Å². The van der Waals surface area contributed by atoms with E-state index in [4.69, 9.17) is 11.6 Å². The molecule has 0 atom stereocenters. The highest BCUT2D eigenvalue weighted by atomic mass is 35.5. The van der Waals surface area contributed by atoms with Gasteiger partial charge in [-0.15, -0.1) is 10.2 Å². The third kappa shape index (κ3) is 2.21. The van der Waals surface area contributed by atoms with Gasteiger partial charge >= 0.3 is 0 Å². The Labute approximate surface area is 152 Å². The number of nitrogens with zero attached hydrogens (tertiary/aromatic N) is 6. The van der Waals surface area contributed by atoms with Gasteiger partial charge in [-0.25, -0.2) is 9.67 Å². The van der Waals surface area contributed by atoms with Crippen LogP contribution in [0.15, 0.2) is 61.1 Å². The molecule has 0 bridgehead atoms. The maximum absolute atomic E-state index is 9.46. The Morgan fingerprint density at radius 2 is 1.65 bits per heavy atom. The molecule has 0 aliphatic carbocycles. The summed E-state index contributed by atoms with van der Waals surface area (Å²) in [6.07, 6.45) is 3.40. The Morgan fingerprint density at radius 1 is 0.885 bits per heavy atom. The summed E-state index contributed by atoms with van der Waals surface area (Å²) in [4.78, 5) is 4.55. The molecule has 0 saturated heterocycles. The lowest BCUT2D eigenvalue weighted by Crippen LogP contribution is -1.98. The van der Waals surface area contributed by atoms with E-state index in [-0.39, 0.29) is 5.75 Å². The lowest BCUT2D eigenvalue weighted by molar-refractivity contribution is 0.475. The molecule has 3 aromatic heterocycles. The molecule has 0 spiro atoms. The van der Waals surface area contributed by atoms with Gasteiger partial charge in [0.05, 0.1) is 17.3 Å². The number of hydrogen-bond acceptors (Lipinski definition) is 5. The third-order valence-corrected chi connectivity index (χ3v) is 4.42. The smallest absolute Gasteiger partial charge is 0.175 e. The molecule has 0 aliphatic rings. The summed E-state index contributed by atoms with van der Waals surface area (Å²) in [5.74, 6) is 0.848. The van der Waals surface area contributed by atoms with Gasteiger partial charge < -0.3 is 5.11 Å². The lowest BCUT2D eigenvalue weighted by atomic mass is 10.2. The number of phenolic OH excluding ortho intramolecular Hbond substituents is 1. The number of aromatic hydroxyl groups is 1. The predicted octanol–water partition coefficient (Wildman–Crippen LogP) is 3.49. The minimum absolute atomic E-state index is 0.201. The summed E-state index contributed by atoms with van der Waals surface area (Å²) >= 11 is 5.96. The van der Waals surface area contributed by atoms with Crippen LogP contribution >= 0.6 is 11.6 Å². The Kier molecular flexibility index (Phi) is 3.16. The summed E-state index contributed by atoms with van der Waals surface area (Å²) in [6.45, 7) is 0. The Hall–Kier alpha value is -3.45. The first-order chi connectivity index (χ1) is 12.7. The van der Waals surface area contributed by atoms with E-state index < -0.39 is 0 Å². The van der Waals surface area contributed by atoms with Crippen molar-refractivity contribution in [3.63, 3.8) is 0 Å². The quantitative estimate of drug-likeness (QED) is 0.520.